The molecule has 3 aromatic carbocycles. The Kier molecular flexibility index (Phi) is 7.77. The number of amides is 3. The van der Waals surface area contributed by atoms with Crippen LogP contribution >= 0.6 is 11.8 Å². The van der Waals surface area contributed by atoms with Gasteiger partial charge >= 0.3 is 0 Å². The zero-order chi connectivity index (χ0) is 32.1. The lowest BCUT2D eigenvalue weighted by Gasteiger charge is -2.39. The highest BCUT2D eigenvalue weighted by molar-refractivity contribution is 8.02. The number of nitrogens with zero attached hydrogens (tertiary/aromatic N) is 3. The average molecular weight is 636 g/mol. The summed E-state index contributed by atoms with van der Waals surface area (Å²) in [5.74, 6) is -1.50. The molecule has 0 bridgehead atoms. The minimum atomic E-state index is -1.03. The molecule has 4 heterocycles. The van der Waals surface area contributed by atoms with E-state index in [0.717, 1.165) is 11.3 Å². The summed E-state index contributed by atoms with van der Waals surface area (Å²) in [6.45, 7) is 2.40. The number of likely N-dealkylation sites (tertiary alicyclic amines) is 1. The minimum Gasteiger partial charge on any atom is -0.497 e. The number of hydrogen-bond acceptors (Lipinski definition) is 6. The third kappa shape index (κ3) is 4.75. The molecule has 2 fully saturated rings. The summed E-state index contributed by atoms with van der Waals surface area (Å²) in [7, 11) is 1.59. The highest BCUT2D eigenvalue weighted by atomic mass is 32.2. The van der Waals surface area contributed by atoms with Gasteiger partial charge in [0.1, 0.15) is 11.8 Å². The van der Waals surface area contributed by atoms with Crippen molar-refractivity contribution in [1.29, 1.82) is 0 Å². The van der Waals surface area contributed by atoms with Gasteiger partial charge in [-0.15, -0.1) is 11.8 Å². The van der Waals surface area contributed by atoms with Gasteiger partial charge in [0.05, 0.1) is 36.3 Å². The number of aliphatic hydroxyl groups excluding tert-OH is 1. The van der Waals surface area contributed by atoms with Gasteiger partial charge in [0.2, 0.25) is 11.8 Å². The smallest absolute Gasteiger partial charge is 0.251 e. The summed E-state index contributed by atoms with van der Waals surface area (Å²) < 4.78 is 3.58. The molecule has 0 aromatic heterocycles. The number of rotatable bonds is 7. The first-order valence-corrected chi connectivity index (χ1v) is 16.5. The third-order valence-electron chi connectivity index (χ3n) is 9.87. The molecule has 4 aliphatic heterocycles. The van der Waals surface area contributed by atoms with Crippen molar-refractivity contribution in [3.05, 3.63) is 115 Å². The van der Waals surface area contributed by atoms with Crippen LogP contribution in [0.3, 0.4) is 0 Å². The molecular formula is C37H37N3O5S. The summed E-state index contributed by atoms with van der Waals surface area (Å²) in [6.07, 6.45) is 8.41. The first-order valence-electron chi connectivity index (χ1n) is 15.7. The van der Waals surface area contributed by atoms with Crippen LogP contribution in [0.4, 0.5) is 11.4 Å². The van der Waals surface area contributed by atoms with Crippen molar-refractivity contribution in [1.82, 2.24) is 4.90 Å². The number of benzene rings is 3. The standard InChI is InChI=1S/C37H37N3O5S/c1-36-19-9-21-38(26-13-7-4-8-14-26)33(42)30(36)31-34(43)40(28(24-41)23-25-11-5-3-6-12-25)32-35(44)39(22-10-20-37(31,32)46-36)27-15-17-29(45-2)18-16-27/h3-20,28,30-32,41H,21-24H2,1-2H3/t28-,30-,31+,32?,36+,37+/m1/s1. The maximum absolute atomic E-state index is 15.0. The molecule has 8 nitrogen and oxygen atoms in total. The Bertz CT molecular complexity index is 1700. The molecule has 7 rings (SSSR count). The number of thioether (sulfide) groups is 1. The van der Waals surface area contributed by atoms with E-state index < -0.39 is 33.4 Å². The number of carbonyl (C=O) groups is 3. The van der Waals surface area contributed by atoms with E-state index in [9.17, 15) is 14.7 Å². The average Bonchev–Trinajstić information content (AvgIpc) is 3.35. The molecule has 236 valence electrons. The fourth-order valence-electron chi connectivity index (χ4n) is 7.83. The topological polar surface area (TPSA) is 90.4 Å². The number of para-hydroxylation sites is 1. The number of carbonyl (C=O) groups excluding carboxylic acids is 3. The summed E-state index contributed by atoms with van der Waals surface area (Å²) in [4.78, 5) is 49.7. The SMILES string of the molecule is COc1ccc(N2CC=C[C@]34S[C@@]5(C)C=CCN(c6ccccc6)C(=O)[C@H]5[C@H]3C(=O)N([C@@H](CO)Cc3ccccc3)C4C2=O)cc1. The highest BCUT2D eigenvalue weighted by Gasteiger charge is 2.74. The number of hydrogen-bond donors (Lipinski definition) is 1. The number of methoxy groups -OCH3 is 1. The van der Waals surface area contributed by atoms with E-state index in [1.165, 1.54) is 0 Å². The van der Waals surface area contributed by atoms with Gasteiger partial charge in [0.25, 0.3) is 5.91 Å². The normalized spacial score (nSPS) is 29.2. The Morgan fingerprint density at radius 3 is 2.07 bits per heavy atom. The van der Waals surface area contributed by atoms with E-state index in [-0.39, 0.29) is 24.3 Å². The number of ether oxygens (including phenoxy) is 1. The second-order valence-corrected chi connectivity index (χ2v) is 14.3. The van der Waals surface area contributed by atoms with Crippen molar-refractivity contribution in [3.8, 4) is 5.75 Å². The fraction of sp³-hybridized carbons (Fsp3) is 0.324. The van der Waals surface area contributed by atoms with Crippen molar-refractivity contribution in [2.24, 2.45) is 11.8 Å². The highest BCUT2D eigenvalue weighted by Crippen LogP contribution is 2.66. The van der Waals surface area contributed by atoms with Gasteiger partial charge in [-0.3, -0.25) is 14.4 Å². The zero-order valence-electron chi connectivity index (χ0n) is 25.9. The van der Waals surface area contributed by atoms with E-state index in [1.54, 1.807) is 33.6 Å². The molecule has 0 aliphatic carbocycles. The summed E-state index contributed by atoms with van der Waals surface area (Å²) in [5, 5.41) is 10.8. The van der Waals surface area contributed by atoms with Crippen LogP contribution in [0.25, 0.3) is 0 Å². The van der Waals surface area contributed by atoms with Gasteiger partial charge in [-0.25, -0.2) is 0 Å². The van der Waals surface area contributed by atoms with Crippen molar-refractivity contribution >= 4 is 40.9 Å². The van der Waals surface area contributed by atoms with Crippen molar-refractivity contribution < 1.29 is 24.2 Å². The van der Waals surface area contributed by atoms with Gasteiger partial charge in [-0.05, 0) is 55.3 Å². The molecule has 0 saturated carbocycles. The van der Waals surface area contributed by atoms with E-state index in [0.29, 0.717) is 30.9 Å². The second kappa shape index (κ2) is 11.8. The van der Waals surface area contributed by atoms with Crippen molar-refractivity contribution in [2.75, 3.05) is 36.6 Å². The molecule has 46 heavy (non-hydrogen) atoms. The maximum Gasteiger partial charge on any atom is 0.251 e. The Labute approximate surface area is 273 Å². The number of aliphatic hydroxyl groups is 1. The predicted octanol–water partition coefficient (Wildman–Crippen LogP) is 4.49. The molecule has 4 aliphatic rings. The van der Waals surface area contributed by atoms with Crippen LogP contribution < -0.4 is 14.5 Å². The predicted molar refractivity (Wildman–Crippen MR) is 180 cm³/mol. The van der Waals surface area contributed by atoms with Gasteiger partial charge in [0, 0.05) is 29.2 Å². The molecule has 6 atom stereocenters. The van der Waals surface area contributed by atoms with E-state index >= 15 is 4.79 Å². The summed E-state index contributed by atoms with van der Waals surface area (Å²) in [5.41, 5.74) is 2.40. The van der Waals surface area contributed by atoms with E-state index in [1.807, 2.05) is 110 Å². The van der Waals surface area contributed by atoms with Crippen molar-refractivity contribution in [2.45, 2.75) is 34.9 Å². The largest absolute Gasteiger partial charge is 0.497 e. The fourth-order valence-corrected chi connectivity index (χ4v) is 9.97. The lowest BCUT2D eigenvalue weighted by atomic mass is 9.74. The van der Waals surface area contributed by atoms with Crippen LogP contribution in [0.2, 0.25) is 0 Å². The monoisotopic (exact) mass is 635 g/mol. The third-order valence-corrected chi connectivity index (χ3v) is 11.7. The molecule has 3 amide bonds. The van der Waals surface area contributed by atoms with Crippen LogP contribution in [0, 0.1) is 11.8 Å². The Morgan fingerprint density at radius 1 is 0.804 bits per heavy atom. The van der Waals surface area contributed by atoms with Gasteiger partial charge in [0.15, 0.2) is 0 Å². The number of anilines is 2. The van der Waals surface area contributed by atoms with Crippen molar-refractivity contribution in [3.63, 3.8) is 0 Å². The molecule has 9 heteroatoms. The Hall–Kier alpha value is -4.34. The molecule has 1 spiro atoms. The van der Waals surface area contributed by atoms with Crippen LogP contribution in [-0.4, -0.2) is 76.1 Å². The van der Waals surface area contributed by atoms with Crippen LogP contribution in [0.15, 0.2) is 109 Å². The number of fused-ring (bicyclic) bond motifs is 2. The van der Waals surface area contributed by atoms with E-state index in [4.69, 9.17) is 4.74 Å². The van der Waals surface area contributed by atoms with Crippen LogP contribution in [0.5, 0.6) is 5.75 Å². The van der Waals surface area contributed by atoms with E-state index in [2.05, 4.69) is 6.08 Å². The Balaban J connectivity index is 1.36. The minimum absolute atomic E-state index is 0.136. The first-order chi connectivity index (χ1) is 22.3. The molecule has 1 unspecified atom stereocenters. The van der Waals surface area contributed by atoms with Gasteiger partial charge in [-0.2, -0.15) is 0 Å². The summed E-state index contributed by atoms with van der Waals surface area (Å²) in [6, 6.07) is 24.9. The van der Waals surface area contributed by atoms with Crippen LogP contribution in [0.1, 0.15) is 12.5 Å². The van der Waals surface area contributed by atoms with Gasteiger partial charge < -0.3 is 24.5 Å². The van der Waals surface area contributed by atoms with Gasteiger partial charge in [-0.1, -0.05) is 72.8 Å². The maximum atomic E-state index is 15.0. The molecule has 0 radical (unpaired) electrons. The van der Waals surface area contributed by atoms with Crippen LogP contribution in [-0.2, 0) is 20.8 Å². The molecule has 2 saturated heterocycles. The molecular weight excluding hydrogens is 598 g/mol. The summed E-state index contributed by atoms with van der Waals surface area (Å²) >= 11 is 1.54. The molecule has 3 aromatic rings. The molecule has 1 N–H and O–H groups in total. The lowest BCUT2D eigenvalue weighted by molar-refractivity contribution is -0.142. The zero-order valence-corrected chi connectivity index (χ0v) is 26.7. The lowest BCUT2D eigenvalue weighted by Crippen LogP contribution is -2.57. The first kappa shape index (κ1) is 30.3. The Morgan fingerprint density at radius 2 is 1.41 bits per heavy atom. The quantitative estimate of drug-likeness (QED) is 0.385. The second-order valence-electron chi connectivity index (χ2n) is 12.5.